The average molecular weight is 443 g/mol. The highest BCUT2D eigenvalue weighted by molar-refractivity contribution is 6.08. The van der Waals surface area contributed by atoms with E-state index in [1.54, 1.807) is 36.4 Å². The van der Waals surface area contributed by atoms with E-state index in [9.17, 15) is 9.59 Å². The van der Waals surface area contributed by atoms with E-state index in [4.69, 9.17) is 4.74 Å². The Bertz CT molecular complexity index is 1070. The largest absolute Gasteiger partial charge is 0.484 e. The lowest BCUT2D eigenvalue weighted by molar-refractivity contribution is -0.124. The SMILES string of the molecule is Cc1ccccc1CN1CCC(NC(=O)COc2ccc(C(=O)c3ccccc3)cc2)CC1. The summed E-state index contributed by atoms with van der Waals surface area (Å²) in [6.45, 7) is 5.01. The van der Waals surface area contributed by atoms with E-state index in [1.807, 2.05) is 18.2 Å². The number of piperidine rings is 1. The number of hydrogen-bond donors (Lipinski definition) is 1. The summed E-state index contributed by atoms with van der Waals surface area (Å²) in [6, 6.07) is 24.8. The second-order valence-electron chi connectivity index (χ2n) is 8.55. The first kappa shape index (κ1) is 22.7. The zero-order valence-electron chi connectivity index (χ0n) is 19.0. The van der Waals surface area contributed by atoms with E-state index in [0.29, 0.717) is 16.9 Å². The maximum absolute atomic E-state index is 12.5. The van der Waals surface area contributed by atoms with Gasteiger partial charge in [0.2, 0.25) is 0 Å². The Morgan fingerprint density at radius 3 is 2.21 bits per heavy atom. The highest BCUT2D eigenvalue weighted by Crippen LogP contribution is 2.17. The molecule has 0 radical (unpaired) electrons. The van der Waals surface area contributed by atoms with Gasteiger partial charge in [0.15, 0.2) is 12.4 Å². The van der Waals surface area contributed by atoms with Crippen LogP contribution in [0.15, 0.2) is 78.9 Å². The van der Waals surface area contributed by atoms with Crippen LogP contribution in [-0.4, -0.2) is 42.3 Å². The third-order valence-corrected chi connectivity index (χ3v) is 6.13. The summed E-state index contributed by atoms with van der Waals surface area (Å²) in [5, 5.41) is 3.09. The van der Waals surface area contributed by atoms with Crippen molar-refractivity contribution in [2.45, 2.75) is 32.4 Å². The molecule has 5 nitrogen and oxygen atoms in total. The molecule has 0 aliphatic carbocycles. The molecule has 3 aromatic carbocycles. The summed E-state index contributed by atoms with van der Waals surface area (Å²) >= 11 is 0. The number of ketones is 1. The summed E-state index contributed by atoms with van der Waals surface area (Å²) in [4.78, 5) is 27.3. The van der Waals surface area contributed by atoms with Gasteiger partial charge in [-0.1, -0.05) is 54.6 Å². The van der Waals surface area contributed by atoms with E-state index in [1.165, 1.54) is 11.1 Å². The summed E-state index contributed by atoms with van der Waals surface area (Å²) in [5.74, 6) is 0.424. The van der Waals surface area contributed by atoms with Gasteiger partial charge in [-0.3, -0.25) is 14.5 Å². The average Bonchev–Trinajstić information content (AvgIpc) is 2.86. The zero-order valence-corrected chi connectivity index (χ0v) is 19.0. The molecular formula is C28H30N2O3. The van der Waals surface area contributed by atoms with Crippen molar-refractivity contribution in [1.82, 2.24) is 10.2 Å². The Morgan fingerprint density at radius 1 is 0.879 bits per heavy atom. The molecule has 1 amide bonds. The molecule has 1 heterocycles. The summed E-state index contributed by atoms with van der Waals surface area (Å²) in [5.41, 5.74) is 3.93. The standard InChI is InChI=1S/C28H30N2O3/c1-21-7-5-6-10-24(21)19-30-17-15-25(16-18-30)29-27(31)20-33-26-13-11-23(12-14-26)28(32)22-8-3-2-4-9-22/h2-14,25H,15-20H2,1H3,(H,29,31). The molecule has 0 atom stereocenters. The fourth-order valence-electron chi connectivity index (χ4n) is 4.14. The molecule has 170 valence electrons. The van der Waals surface area contributed by atoms with Crippen LogP contribution in [0.2, 0.25) is 0 Å². The molecule has 0 saturated carbocycles. The molecule has 3 aromatic rings. The smallest absolute Gasteiger partial charge is 0.258 e. The molecule has 4 rings (SSSR count). The number of likely N-dealkylation sites (tertiary alicyclic amines) is 1. The van der Waals surface area contributed by atoms with Crippen molar-refractivity contribution in [2.75, 3.05) is 19.7 Å². The van der Waals surface area contributed by atoms with E-state index in [2.05, 4.69) is 41.4 Å². The zero-order chi connectivity index (χ0) is 23.0. The van der Waals surface area contributed by atoms with Crippen LogP contribution in [0.4, 0.5) is 0 Å². The van der Waals surface area contributed by atoms with Gasteiger partial charge in [0.05, 0.1) is 0 Å². The van der Waals surface area contributed by atoms with Crippen LogP contribution in [0.5, 0.6) is 5.75 Å². The first-order valence-corrected chi connectivity index (χ1v) is 11.5. The lowest BCUT2D eigenvalue weighted by Crippen LogP contribution is -2.45. The number of amides is 1. The highest BCUT2D eigenvalue weighted by atomic mass is 16.5. The number of carbonyl (C=O) groups is 2. The monoisotopic (exact) mass is 442 g/mol. The molecule has 33 heavy (non-hydrogen) atoms. The van der Waals surface area contributed by atoms with Gasteiger partial charge in [0, 0.05) is 36.8 Å². The molecule has 1 aliphatic heterocycles. The maximum Gasteiger partial charge on any atom is 0.258 e. The van der Waals surface area contributed by atoms with Crippen molar-refractivity contribution in [1.29, 1.82) is 0 Å². The topological polar surface area (TPSA) is 58.6 Å². The van der Waals surface area contributed by atoms with Gasteiger partial charge in [-0.05, 0) is 55.2 Å². The van der Waals surface area contributed by atoms with E-state index < -0.39 is 0 Å². The van der Waals surface area contributed by atoms with Gasteiger partial charge in [-0.2, -0.15) is 0 Å². The van der Waals surface area contributed by atoms with Crippen molar-refractivity contribution in [3.8, 4) is 5.75 Å². The van der Waals surface area contributed by atoms with E-state index >= 15 is 0 Å². The van der Waals surface area contributed by atoms with Crippen molar-refractivity contribution in [3.05, 3.63) is 101 Å². The molecule has 1 aliphatic rings. The van der Waals surface area contributed by atoms with Crippen molar-refractivity contribution >= 4 is 11.7 Å². The van der Waals surface area contributed by atoms with Gasteiger partial charge in [-0.15, -0.1) is 0 Å². The summed E-state index contributed by atoms with van der Waals surface area (Å²) in [6.07, 6.45) is 1.88. The quantitative estimate of drug-likeness (QED) is 0.526. The lowest BCUT2D eigenvalue weighted by atomic mass is 10.0. The lowest BCUT2D eigenvalue weighted by Gasteiger charge is -2.32. The molecule has 0 bridgehead atoms. The molecule has 0 aromatic heterocycles. The van der Waals surface area contributed by atoms with E-state index in [0.717, 1.165) is 32.5 Å². The molecule has 1 fully saturated rings. The van der Waals surface area contributed by atoms with Crippen LogP contribution in [-0.2, 0) is 11.3 Å². The molecule has 0 spiro atoms. The van der Waals surface area contributed by atoms with Crippen LogP contribution >= 0.6 is 0 Å². The minimum atomic E-state index is -0.114. The predicted octanol–water partition coefficient (Wildman–Crippen LogP) is 4.39. The van der Waals surface area contributed by atoms with Crippen LogP contribution in [0.3, 0.4) is 0 Å². The van der Waals surface area contributed by atoms with Crippen molar-refractivity contribution < 1.29 is 14.3 Å². The Balaban J connectivity index is 1.19. The van der Waals surface area contributed by atoms with Gasteiger partial charge in [-0.25, -0.2) is 0 Å². The van der Waals surface area contributed by atoms with E-state index in [-0.39, 0.29) is 24.3 Å². The number of aryl methyl sites for hydroxylation is 1. The number of nitrogens with one attached hydrogen (secondary N) is 1. The Morgan fingerprint density at radius 2 is 1.52 bits per heavy atom. The second kappa shape index (κ2) is 10.9. The molecular weight excluding hydrogens is 412 g/mol. The number of benzene rings is 3. The summed E-state index contributed by atoms with van der Waals surface area (Å²) in [7, 11) is 0. The first-order valence-electron chi connectivity index (χ1n) is 11.5. The van der Waals surface area contributed by atoms with Crippen LogP contribution in [0, 0.1) is 6.92 Å². The highest BCUT2D eigenvalue weighted by Gasteiger charge is 2.21. The predicted molar refractivity (Wildman–Crippen MR) is 129 cm³/mol. The van der Waals surface area contributed by atoms with Crippen molar-refractivity contribution in [3.63, 3.8) is 0 Å². The fourth-order valence-corrected chi connectivity index (χ4v) is 4.14. The Hall–Kier alpha value is -3.44. The van der Waals surface area contributed by atoms with Crippen molar-refractivity contribution in [2.24, 2.45) is 0 Å². The maximum atomic E-state index is 12.5. The number of rotatable bonds is 8. The summed E-state index contributed by atoms with van der Waals surface area (Å²) < 4.78 is 5.63. The second-order valence-corrected chi connectivity index (χ2v) is 8.55. The van der Waals surface area contributed by atoms with Gasteiger partial charge in [0.25, 0.3) is 5.91 Å². The first-order chi connectivity index (χ1) is 16.1. The van der Waals surface area contributed by atoms with Crippen LogP contribution < -0.4 is 10.1 Å². The third-order valence-electron chi connectivity index (χ3n) is 6.13. The van der Waals surface area contributed by atoms with Crippen LogP contribution in [0.1, 0.15) is 39.9 Å². The molecule has 0 unspecified atom stereocenters. The normalized spacial score (nSPS) is 14.6. The molecule has 5 heteroatoms. The number of nitrogens with zero attached hydrogens (tertiary/aromatic N) is 1. The van der Waals surface area contributed by atoms with Crippen LogP contribution in [0.25, 0.3) is 0 Å². The minimum Gasteiger partial charge on any atom is -0.484 e. The van der Waals surface area contributed by atoms with Gasteiger partial charge >= 0.3 is 0 Å². The molecule has 1 saturated heterocycles. The number of ether oxygens (including phenoxy) is 1. The fraction of sp³-hybridized carbons (Fsp3) is 0.286. The van der Waals surface area contributed by atoms with Gasteiger partial charge < -0.3 is 10.1 Å². The Labute approximate surface area is 195 Å². The Kier molecular flexibility index (Phi) is 7.53. The number of hydrogen-bond acceptors (Lipinski definition) is 4. The van der Waals surface area contributed by atoms with Gasteiger partial charge in [0.1, 0.15) is 5.75 Å². The minimum absolute atomic E-state index is 0.0323. The molecule has 1 N–H and O–H groups in total. The third kappa shape index (κ3) is 6.30. The number of carbonyl (C=O) groups excluding carboxylic acids is 2.